The van der Waals surface area contributed by atoms with E-state index in [9.17, 15) is 0 Å². The molecule has 1 fully saturated rings. The molecule has 1 N–H and O–H groups in total. The van der Waals surface area contributed by atoms with Gasteiger partial charge in [0.25, 0.3) is 0 Å². The highest BCUT2D eigenvalue weighted by atomic mass is 32.1. The third-order valence-electron chi connectivity index (χ3n) is 3.64. The van der Waals surface area contributed by atoms with Gasteiger partial charge in [-0.2, -0.15) is 11.3 Å². The Balaban J connectivity index is 1.80. The fraction of sp³-hybridized carbons (Fsp3) is 0.692. The Bertz CT molecular complexity index is 291. The summed E-state index contributed by atoms with van der Waals surface area (Å²) in [6, 6.07) is 2.86. The molecule has 0 bridgehead atoms. The van der Waals surface area contributed by atoms with Crippen LogP contribution in [0.25, 0.3) is 0 Å². The monoisotopic (exact) mass is 239 g/mol. The van der Waals surface area contributed by atoms with Gasteiger partial charge in [0.05, 0.1) is 0 Å². The van der Waals surface area contributed by atoms with Gasteiger partial charge >= 0.3 is 0 Å². The van der Waals surface area contributed by atoms with Crippen molar-refractivity contribution < 1.29 is 5.11 Å². The molecule has 90 valence electrons. The summed E-state index contributed by atoms with van der Waals surface area (Å²) in [5.74, 6) is 0.546. The van der Waals surface area contributed by atoms with E-state index in [1.54, 1.807) is 11.3 Å². The molecule has 0 radical (unpaired) electrons. The molecule has 1 atom stereocenters. The molecule has 0 aromatic carbocycles. The van der Waals surface area contributed by atoms with Crippen molar-refractivity contribution in [1.82, 2.24) is 4.90 Å². The number of piperidine rings is 1. The minimum absolute atomic E-state index is 0.368. The van der Waals surface area contributed by atoms with E-state index in [0.29, 0.717) is 18.6 Å². The van der Waals surface area contributed by atoms with Crippen molar-refractivity contribution in [3.05, 3.63) is 22.4 Å². The van der Waals surface area contributed by atoms with Gasteiger partial charge < -0.3 is 10.0 Å². The predicted octanol–water partition coefficient (Wildman–Crippen LogP) is 2.38. The molecule has 2 nitrogen and oxygen atoms in total. The van der Waals surface area contributed by atoms with E-state index in [1.165, 1.54) is 5.56 Å². The molecular formula is C13H21NOS. The van der Waals surface area contributed by atoms with Gasteiger partial charge in [0.15, 0.2) is 0 Å². The Hall–Kier alpha value is -0.380. The van der Waals surface area contributed by atoms with E-state index in [4.69, 9.17) is 5.11 Å². The van der Waals surface area contributed by atoms with Crippen LogP contribution in [0.1, 0.15) is 25.3 Å². The molecule has 2 heterocycles. The van der Waals surface area contributed by atoms with Gasteiger partial charge in [-0.1, -0.05) is 0 Å². The molecule has 3 heteroatoms. The Morgan fingerprint density at radius 3 is 2.81 bits per heavy atom. The van der Waals surface area contributed by atoms with Crippen LogP contribution in [0.5, 0.6) is 0 Å². The number of aliphatic hydroxyl groups excluding tert-OH is 1. The van der Waals surface area contributed by atoms with E-state index in [-0.39, 0.29) is 0 Å². The highest BCUT2D eigenvalue weighted by molar-refractivity contribution is 7.07. The first-order valence-corrected chi connectivity index (χ1v) is 7.10. The van der Waals surface area contributed by atoms with Crippen molar-refractivity contribution >= 4 is 11.3 Å². The average molecular weight is 239 g/mol. The first-order valence-electron chi connectivity index (χ1n) is 6.15. The van der Waals surface area contributed by atoms with Gasteiger partial charge in [-0.3, -0.25) is 0 Å². The second kappa shape index (κ2) is 5.80. The highest BCUT2D eigenvalue weighted by Crippen LogP contribution is 2.20. The Labute approximate surface area is 102 Å². The fourth-order valence-corrected chi connectivity index (χ4v) is 3.14. The van der Waals surface area contributed by atoms with Gasteiger partial charge in [-0.25, -0.2) is 0 Å². The van der Waals surface area contributed by atoms with Gasteiger partial charge in [0, 0.05) is 12.6 Å². The topological polar surface area (TPSA) is 23.5 Å². The van der Waals surface area contributed by atoms with Crippen LogP contribution in [0.4, 0.5) is 0 Å². The van der Waals surface area contributed by atoms with E-state index in [2.05, 4.69) is 28.7 Å². The number of likely N-dealkylation sites (tertiary alicyclic amines) is 1. The maximum absolute atomic E-state index is 9.11. The first-order chi connectivity index (χ1) is 7.79. The van der Waals surface area contributed by atoms with Crippen LogP contribution in [0.3, 0.4) is 0 Å². The van der Waals surface area contributed by atoms with Crippen LogP contribution in [0.2, 0.25) is 0 Å². The normalized spacial score (nSPS) is 21.1. The number of aliphatic hydroxyl groups is 1. The molecule has 2 rings (SSSR count). The van der Waals surface area contributed by atoms with Crippen LogP contribution in [-0.4, -0.2) is 35.7 Å². The second-order valence-corrected chi connectivity index (χ2v) is 5.63. The molecule has 1 aromatic rings. The van der Waals surface area contributed by atoms with Crippen molar-refractivity contribution in [2.45, 2.75) is 32.2 Å². The molecule has 0 aliphatic carbocycles. The van der Waals surface area contributed by atoms with Crippen LogP contribution >= 0.6 is 11.3 Å². The predicted molar refractivity (Wildman–Crippen MR) is 68.9 cm³/mol. The number of thiophene rings is 1. The van der Waals surface area contributed by atoms with E-state index in [1.807, 2.05) is 0 Å². The third-order valence-corrected chi connectivity index (χ3v) is 4.37. The zero-order valence-electron chi connectivity index (χ0n) is 9.93. The highest BCUT2D eigenvalue weighted by Gasteiger charge is 2.22. The van der Waals surface area contributed by atoms with Crippen molar-refractivity contribution in [3.63, 3.8) is 0 Å². The summed E-state index contributed by atoms with van der Waals surface area (Å²) in [5.41, 5.74) is 1.46. The summed E-state index contributed by atoms with van der Waals surface area (Å²) in [5, 5.41) is 13.5. The first kappa shape index (κ1) is 12.1. The molecule has 0 saturated carbocycles. The van der Waals surface area contributed by atoms with Crippen LogP contribution < -0.4 is 0 Å². The Morgan fingerprint density at radius 2 is 2.25 bits per heavy atom. The van der Waals surface area contributed by atoms with Crippen molar-refractivity contribution in [3.8, 4) is 0 Å². The van der Waals surface area contributed by atoms with Gasteiger partial charge in [0.1, 0.15) is 0 Å². The van der Waals surface area contributed by atoms with Crippen LogP contribution in [0.15, 0.2) is 16.8 Å². The summed E-state index contributed by atoms with van der Waals surface area (Å²) in [6.45, 7) is 4.98. The second-order valence-electron chi connectivity index (χ2n) is 4.85. The number of rotatable bonds is 4. The van der Waals surface area contributed by atoms with Gasteiger partial charge in [-0.15, -0.1) is 0 Å². The minimum Gasteiger partial charge on any atom is -0.396 e. The SMILES string of the molecule is CC(Cc1ccsc1)N1CCC(CO)CC1. The quantitative estimate of drug-likeness (QED) is 0.872. The molecular weight excluding hydrogens is 218 g/mol. The molecule has 1 saturated heterocycles. The summed E-state index contributed by atoms with van der Waals surface area (Å²) in [6.07, 6.45) is 3.47. The zero-order chi connectivity index (χ0) is 11.4. The summed E-state index contributed by atoms with van der Waals surface area (Å²) >= 11 is 1.78. The van der Waals surface area contributed by atoms with Crippen LogP contribution in [-0.2, 0) is 6.42 Å². The largest absolute Gasteiger partial charge is 0.396 e. The maximum atomic E-state index is 9.11. The lowest BCUT2D eigenvalue weighted by Crippen LogP contribution is -2.41. The zero-order valence-corrected chi connectivity index (χ0v) is 10.7. The smallest absolute Gasteiger partial charge is 0.0460 e. The lowest BCUT2D eigenvalue weighted by atomic mass is 9.96. The number of hydrogen-bond donors (Lipinski definition) is 1. The average Bonchev–Trinajstić information content (AvgIpc) is 2.82. The summed E-state index contributed by atoms with van der Waals surface area (Å²) in [4.78, 5) is 2.56. The molecule has 16 heavy (non-hydrogen) atoms. The summed E-state index contributed by atoms with van der Waals surface area (Å²) < 4.78 is 0. The molecule has 1 aliphatic heterocycles. The van der Waals surface area contributed by atoms with Crippen molar-refractivity contribution in [1.29, 1.82) is 0 Å². The molecule has 1 aromatic heterocycles. The fourth-order valence-electron chi connectivity index (χ4n) is 2.46. The van der Waals surface area contributed by atoms with E-state index in [0.717, 1.165) is 32.4 Å². The van der Waals surface area contributed by atoms with Gasteiger partial charge in [0.2, 0.25) is 0 Å². The standard InChI is InChI=1S/C13H21NOS/c1-11(8-13-4-7-16-10-13)14-5-2-12(9-15)3-6-14/h4,7,10-12,15H,2-3,5-6,8-9H2,1H3. The van der Waals surface area contributed by atoms with Crippen molar-refractivity contribution in [2.24, 2.45) is 5.92 Å². The van der Waals surface area contributed by atoms with E-state index < -0.39 is 0 Å². The summed E-state index contributed by atoms with van der Waals surface area (Å²) in [7, 11) is 0. The molecule has 1 unspecified atom stereocenters. The van der Waals surface area contributed by atoms with E-state index >= 15 is 0 Å². The lowest BCUT2D eigenvalue weighted by Gasteiger charge is -2.35. The Morgan fingerprint density at radius 1 is 1.50 bits per heavy atom. The molecule has 0 amide bonds. The Kier molecular flexibility index (Phi) is 4.38. The number of nitrogens with zero attached hydrogens (tertiary/aromatic N) is 1. The number of hydrogen-bond acceptors (Lipinski definition) is 3. The van der Waals surface area contributed by atoms with Crippen molar-refractivity contribution in [2.75, 3.05) is 19.7 Å². The maximum Gasteiger partial charge on any atom is 0.0460 e. The third kappa shape index (κ3) is 3.06. The lowest BCUT2D eigenvalue weighted by molar-refractivity contribution is 0.106. The van der Waals surface area contributed by atoms with Crippen LogP contribution in [0, 0.1) is 5.92 Å². The van der Waals surface area contributed by atoms with Gasteiger partial charge in [-0.05, 0) is 67.6 Å². The molecule has 1 aliphatic rings. The minimum atomic E-state index is 0.368. The molecule has 0 spiro atoms.